The maximum absolute atomic E-state index is 12.7. The van der Waals surface area contributed by atoms with Crippen molar-refractivity contribution in [1.82, 2.24) is 10.2 Å². The SMILES string of the molecule is COc1cc(OC)cc(C(=O)N[C@H]2C[C@H]3CO[C@H](C4CC4)CN3C2)c1. The van der Waals surface area contributed by atoms with Gasteiger partial charge >= 0.3 is 0 Å². The van der Waals surface area contributed by atoms with Crippen LogP contribution in [-0.4, -0.2) is 62.9 Å². The average molecular weight is 346 g/mol. The van der Waals surface area contributed by atoms with Crippen molar-refractivity contribution >= 4 is 5.91 Å². The summed E-state index contributed by atoms with van der Waals surface area (Å²) in [5, 5.41) is 3.17. The van der Waals surface area contributed by atoms with Crippen LogP contribution in [0, 0.1) is 5.92 Å². The van der Waals surface area contributed by atoms with Crippen molar-refractivity contribution in [3.63, 3.8) is 0 Å². The monoisotopic (exact) mass is 346 g/mol. The lowest BCUT2D eigenvalue weighted by molar-refractivity contribution is -0.0581. The van der Waals surface area contributed by atoms with Crippen LogP contribution < -0.4 is 14.8 Å². The zero-order valence-electron chi connectivity index (χ0n) is 14.9. The summed E-state index contributed by atoms with van der Waals surface area (Å²) in [5.74, 6) is 1.92. The maximum Gasteiger partial charge on any atom is 0.251 e. The van der Waals surface area contributed by atoms with Crippen LogP contribution in [0.25, 0.3) is 0 Å². The number of carbonyl (C=O) groups is 1. The number of hydrogen-bond acceptors (Lipinski definition) is 5. The zero-order valence-corrected chi connectivity index (χ0v) is 14.9. The number of amides is 1. The Morgan fingerprint density at radius 3 is 2.52 bits per heavy atom. The molecular formula is C19H26N2O4. The molecular weight excluding hydrogens is 320 g/mol. The van der Waals surface area contributed by atoms with Gasteiger partial charge in [-0.1, -0.05) is 0 Å². The highest BCUT2D eigenvalue weighted by molar-refractivity contribution is 5.95. The fourth-order valence-corrected chi connectivity index (χ4v) is 3.96. The van der Waals surface area contributed by atoms with Crippen LogP contribution in [0.3, 0.4) is 0 Å². The summed E-state index contributed by atoms with van der Waals surface area (Å²) in [5.41, 5.74) is 0.563. The normalized spacial score (nSPS) is 29.1. The van der Waals surface area contributed by atoms with E-state index in [2.05, 4.69) is 10.2 Å². The Bertz CT molecular complexity index is 624. The molecule has 4 rings (SSSR count). The molecule has 2 heterocycles. The highest BCUT2D eigenvalue weighted by Gasteiger charge is 2.42. The molecule has 0 bridgehead atoms. The third kappa shape index (κ3) is 3.60. The van der Waals surface area contributed by atoms with E-state index in [1.807, 2.05) is 0 Å². The van der Waals surface area contributed by atoms with Crippen LogP contribution in [0.1, 0.15) is 29.6 Å². The van der Waals surface area contributed by atoms with Gasteiger partial charge in [0.25, 0.3) is 5.91 Å². The van der Waals surface area contributed by atoms with E-state index in [-0.39, 0.29) is 11.9 Å². The minimum Gasteiger partial charge on any atom is -0.497 e. The van der Waals surface area contributed by atoms with E-state index in [1.165, 1.54) is 12.8 Å². The fourth-order valence-electron chi connectivity index (χ4n) is 3.96. The fraction of sp³-hybridized carbons (Fsp3) is 0.632. The Morgan fingerprint density at radius 2 is 1.88 bits per heavy atom. The quantitative estimate of drug-likeness (QED) is 0.879. The number of nitrogens with zero attached hydrogens (tertiary/aromatic N) is 1. The predicted molar refractivity (Wildman–Crippen MR) is 93.2 cm³/mol. The van der Waals surface area contributed by atoms with Gasteiger partial charge in [0.1, 0.15) is 11.5 Å². The molecule has 2 aliphatic heterocycles. The molecule has 136 valence electrons. The van der Waals surface area contributed by atoms with Gasteiger partial charge in [0, 0.05) is 36.8 Å². The summed E-state index contributed by atoms with van der Waals surface area (Å²) >= 11 is 0. The Balaban J connectivity index is 1.38. The van der Waals surface area contributed by atoms with Gasteiger partial charge in [-0.2, -0.15) is 0 Å². The summed E-state index contributed by atoms with van der Waals surface area (Å²) in [7, 11) is 3.17. The van der Waals surface area contributed by atoms with Gasteiger partial charge in [-0.3, -0.25) is 9.69 Å². The van der Waals surface area contributed by atoms with Crippen LogP contribution in [0.4, 0.5) is 0 Å². The molecule has 25 heavy (non-hydrogen) atoms. The molecule has 1 aliphatic carbocycles. The predicted octanol–water partition coefficient (Wildman–Crippen LogP) is 1.69. The van der Waals surface area contributed by atoms with Crippen molar-refractivity contribution in [3.8, 4) is 11.5 Å². The standard InChI is InChI=1S/C19H26N2O4/c1-23-16-5-13(6-17(8-16)24-2)19(22)20-14-7-15-11-25-18(12-3-4-12)10-21(15)9-14/h5-6,8,12,14-15,18H,3-4,7,9-11H2,1-2H3,(H,20,22)/t14-,15-,18-/m0/s1. The number of nitrogens with one attached hydrogen (secondary N) is 1. The van der Waals surface area contributed by atoms with Crippen molar-refractivity contribution in [3.05, 3.63) is 23.8 Å². The van der Waals surface area contributed by atoms with E-state index in [9.17, 15) is 4.79 Å². The minimum atomic E-state index is -0.0818. The second kappa shape index (κ2) is 6.84. The Labute approximate surface area is 148 Å². The maximum atomic E-state index is 12.7. The number of morpholine rings is 1. The third-order valence-corrected chi connectivity index (χ3v) is 5.54. The first-order chi connectivity index (χ1) is 12.2. The zero-order chi connectivity index (χ0) is 17.4. The Kier molecular flexibility index (Phi) is 4.56. The van der Waals surface area contributed by atoms with Gasteiger partial charge in [0.2, 0.25) is 0 Å². The molecule has 0 aromatic heterocycles. The summed E-state index contributed by atoms with van der Waals surface area (Å²) in [4.78, 5) is 15.1. The summed E-state index contributed by atoms with van der Waals surface area (Å²) in [6.07, 6.45) is 3.96. The minimum absolute atomic E-state index is 0.0818. The first-order valence-electron chi connectivity index (χ1n) is 9.06. The molecule has 1 aromatic rings. The second-order valence-electron chi connectivity index (χ2n) is 7.32. The molecule has 1 amide bonds. The number of fused-ring (bicyclic) bond motifs is 1. The highest BCUT2D eigenvalue weighted by atomic mass is 16.5. The molecule has 1 N–H and O–H groups in total. The van der Waals surface area contributed by atoms with E-state index in [0.29, 0.717) is 29.2 Å². The Hall–Kier alpha value is -1.79. The average Bonchev–Trinajstić information content (AvgIpc) is 3.41. The van der Waals surface area contributed by atoms with E-state index in [0.717, 1.165) is 32.0 Å². The molecule has 0 spiro atoms. The smallest absolute Gasteiger partial charge is 0.251 e. The van der Waals surface area contributed by atoms with Gasteiger partial charge < -0.3 is 19.5 Å². The van der Waals surface area contributed by atoms with Gasteiger partial charge in [-0.05, 0) is 37.3 Å². The number of carbonyl (C=O) groups excluding carboxylic acids is 1. The van der Waals surface area contributed by atoms with Crippen molar-refractivity contribution in [2.75, 3.05) is 33.9 Å². The van der Waals surface area contributed by atoms with E-state index in [4.69, 9.17) is 14.2 Å². The van der Waals surface area contributed by atoms with E-state index in [1.54, 1.807) is 32.4 Å². The number of rotatable bonds is 5. The summed E-state index contributed by atoms with van der Waals surface area (Å²) < 4.78 is 16.5. The molecule has 6 heteroatoms. The lowest BCUT2D eigenvalue weighted by Crippen LogP contribution is -2.47. The van der Waals surface area contributed by atoms with Crippen LogP contribution in [0.15, 0.2) is 18.2 Å². The van der Waals surface area contributed by atoms with Crippen molar-refractivity contribution in [2.45, 2.75) is 37.5 Å². The molecule has 3 fully saturated rings. The largest absolute Gasteiger partial charge is 0.497 e. The van der Waals surface area contributed by atoms with Gasteiger partial charge in [0.05, 0.1) is 26.9 Å². The number of ether oxygens (including phenoxy) is 3. The molecule has 3 aliphatic rings. The van der Waals surface area contributed by atoms with Gasteiger partial charge in [-0.25, -0.2) is 0 Å². The summed E-state index contributed by atoms with van der Waals surface area (Å²) in [6, 6.07) is 5.84. The van der Waals surface area contributed by atoms with Gasteiger partial charge in [0.15, 0.2) is 0 Å². The van der Waals surface area contributed by atoms with Crippen LogP contribution in [-0.2, 0) is 4.74 Å². The topological polar surface area (TPSA) is 60.0 Å². The number of hydrogen-bond donors (Lipinski definition) is 1. The molecule has 0 radical (unpaired) electrons. The molecule has 3 atom stereocenters. The van der Waals surface area contributed by atoms with Crippen molar-refractivity contribution < 1.29 is 19.0 Å². The van der Waals surface area contributed by atoms with Crippen molar-refractivity contribution in [2.24, 2.45) is 5.92 Å². The second-order valence-corrected chi connectivity index (χ2v) is 7.32. The molecule has 6 nitrogen and oxygen atoms in total. The van der Waals surface area contributed by atoms with Gasteiger partial charge in [-0.15, -0.1) is 0 Å². The number of benzene rings is 1. The van der Waals surface area contributed by atoms with E-state index < -0.39 is 0 Å². The third-order valence-electron chi connectivity index (χ3n) is 5.54. The summed E-state index contributed by atoms with van der Waals surface area (Å²) in [6.45, 7) is 2.71. The first-order valence-corrected chi connectivity index (χ1v) is 9.06. The lowest BCUT2D eigenvalue weighted by atomic mass is 10.1. The molecule has 0 unspecified atom stereocenters. The molecule has 1 saturated carbocycles. The van der Waals surface area contributed by atoms with Crippen molar-refractivity contribution in [1.29, 1.82) is 0 Å². The number of methoxy groups -OCH3 is 2. The van der Waals surface area contributed by atoms with Crippen LogP contribution >= 0.6 is 0 Å². The van der Waals surface area contributed by atoms with E-state index >= 15 is 0 Å². The molecule has 2 saturated heterocycles. The highest BCUT2D eigenvalue weighted by Crippen LogP contribution is 2.38. The van der Waals surface area contributed by atoms with Crippen LogP contribution in [0.5, 0.6) is 11.5 Å². The molecule has 1 aromatic carbocycles. The van der Waals surface area contributed by atoms with Crippen LogP contribution in [0.2, 0.25) is 0 Å². The Morgan fingerprint density at radius 1 is 1.16 bits per heavy atom. The first kappa shape index (κ1) is 16.7. The lowest BCUT2D eigenvalue weighted by Gasteiger charge is -2.35.